The molecule has 1 N–H and O–H groups in total. The molecular formula is C29H34N2O4. The molecule has 0 spiro atoms. The van der Waals surface area contributed by atoms with E-state index in [1.807, 2.05) is 106 Å². The zero-order valence-corrected chi connectivity index (χ0v) is 20.9. The van der Waals surface area contributed by atoms with Crippen molar-refractivity contribution >= 4 is 17.2 Å². The van der Waals surface area contributed by atoms with Crippen molar-refractivity contribution in [1.29, 1.82) is 0 Å². The van der Waals surface area contributed by atoms with Gasteiger partial charge in [-0.25, -0.2) is 0 Å². The summed E-state index contributed by atoms with van der Waals surface area (Å²) in [5.41, 5.74) is 3.51. The molecule has 0 aromatic heterocycles. The lowest BCUT2D eigenvalue weighted by atomic mass is 9.85. The van der Waals surface area contributed by atoms with Crippen LogP contribution >= 0.6 is 0 Å². The van der Waals surface area contributed by atoms with Gasteiger partial charge >= 0.3 is 0 Å². The Hall–Kier alpha value is -3.61. The molecule has 3 aromatic carbocycles. The molecule has 35 heavy (non-hydrogen) atoms. The van der Waals surface area contributed by atoms with Crippen molar-refractivity contribution in [2.75, 3.05) is 46.5 Å². The Kier molecular flexibility index (Phi) is 9.90. The van der Waals surface area contributed by atoms with E-state index < -0.39 is 5.92 Å². The van der Waals surface area contributed by atoms with Gasteiger partial charge < -0.3 is 24.4 Å². The fourth-order valence-electron chi connectivity index (χ4n) is 3.68. The Morgan fingerprint density at radius 2 is 1.54 bits per heavy atom. The van der Waals surface area contributed by atoms with E-state index in [1.165, 1.54) is 0 Å². The molecule has 1 atom stereocenters. The minimum atomic E-state index is -0.505. The van der Waals surface area contributed by atoms with Crippen molar-refractivity contribution in [3.05, 3.63) is 96.1 Å². The molecule has 3 aromatic rings. The number of benzene rings is 3. The lowest BCUT2D eigenvalue weighted by Gasteiger charge is -2.21. The number of amides is 1. The summed E-state index contributed by atoms with van der Waals surface area (Å²) in [4.78, 5) is 15.7. The van der Waals surface area contributed by atoms with E-state index in [0.717, 1.165) is 29.0 Å². The number of likely N-dealkylation sites (N-methyl/N-ethyl adjacent to an activating group) is 1. The minimum absolute atomic E-state index is 0.117. The molecule has 0 aliphatic heterocycles. The second-order valence-electron chi connectivity index (χ2n) is 8.33. The Bertz CT molecular complexity index is 1080. The highest BCUT2D eigenvalue weighted by Gasteiger charge is 2.26. The van der Waals surface area contributed by atoms with E-state index in [4.69, 9.17) is 14.2 Å². The van der Waals surface area contributed by atoms with E-state index in [1.54, 1.807) is 7.11 Å². The van der Waals surface area contributed by atoms with Crippen molar-refractivity contribution in [2.24, 2.45) is 0 Å². The average molecular weight is 475 g/mol. The first-order chi connectivity index (χ1) is 17.0. The monoisotopic (exact) mass is 474 g/mol. The quantitative estimate of drug-likeness (QED) is 0.355. The summed E-state index contributed by atoms with van der Waals surface area (Å²) in [5, 5.41) is 3.08. The van der Waals surface area contributed by atoms with Gasteiger partial charge in [-0.3, -0.25) is 4.79 Å². The fourth-order valence-corrected chi connectivity index (χ4v) is 3.68. The number of ether oxygens (including phenoxy) is 3. The van der Waals surface area contributed by atoms with Crippen LogP contribution in [0.4, 0.5) is 5.69 Å². The van der Waals surface area contributed by atoms with Crippen molar-refractivity contribution in [2.45, 2.75) is 12.8 Å². The predicted molar refractivity (Wildman–Crippen MR) is 141 cm³/mol. The van der Waals surface area contributed by atoms with Gasteiger partial charge in [-0.1, -0.05) is 48.5 Å². The summed E-state index contributed by atoms with van der Waals surface area (Å²) >= 11 is 0. The lowest BCUT2D eigenvalue weighted by molar-refractivity contribution is -0.116. The molecule has 0 radical (unpaired) electrons. The number of rotatable bonds is 12. The SMILES string of the molecule is CC=C(c1ccccc1)C(C(=O)Nc1ccc(OCCN(C)C)cc1)c1ccc(OCOC)cc1. The summed E-state index contributed by atoms with van der Waals surface area (Å²) in [6, 6.07) is 25.0. The zero-order chi connectivity index (χ0) is 25.0. The molecule has 0 aliphatic rings. The van der Waals surface area contributed by atoms with Gasteiger partial charge in [0, 0.05) is 19.3 Å². The van der Waals surface area contributed by atoms with Gasteiger partial charge in [0.05, 0.1) is 5.92 Å². The summed E-state index contributed by atoms with van der Waals surface area (Å²) in [6.45, 7) is 3.56. The van der Waals surface area contributed by atoms with Crippen molar-refractivity contribution in [3.8, 4) is 11.5 Å². The first-order valence-electron chi connectivity index (χ1n) is 11.6. The summed E-state index contributed by atoms with van der Waals surface area (Å²) in [6.07, 6.45) is 2.00. The maximum Gasteiger partial charge on any atom is 0.236 e. The molecule has 0 saturated carbocycles. The number of hydrogen-bond acceptors (Lipinski definition) is 5. The van der Waals surface area contributed by atoms with Crippen LogP contribution in [0.1, 0.15) is 24.0 Å². The van der Waals surface area contributed by atoms with Gasteiger partial charge in [0.1, 0.15) is 18.1 Å². The topological polar surface area (TPSA) is 60.0 Å². The Balaban J connectivity index is 1.82. The maximum atomic E-state index is 13.6. The molecule has 0 saturated heterocycles. The molecule has 1 unspecified atom stereocenters. The second kappa shape index (κ2) is 13.3. The lowest BCUT2D eigenvalue weighted by Crippen LogP contribution is -2.22. The normalized spacial score (nSPS) is 12.3. The number of hydrogen-bond donors (Lipinski definition) is 1. The highest BCUT2D eigenvalue weighted by Crippen LogP contribution is 2.34. The van der Waals surface area contributed by atoms with Gasteiger partial charge in [0.2, 0.25) is 5.91 Å². The third-order valence-corrected chi connectivity index (χ3v) is 5.48. The molecule has 1 amide bonds. The largest absolute Gasteiger partial charge is 0.492 e. The van der Waals surface area contributed by atoms with E-state index in [-0.39, 0.29) is 12.7 Å². The highest BCUT2D eigenvalue weighted by molar-refractivity contribution is 6.04. The minimum Gasteiger partial charge on any atom is -0.492 e. The Labute approximate surface area is 208 Å². The van der Waals surface area contributed by atoms with Crippen LogP contribution in [0.3, 0.4) is 0 Å². The maximum absolute atomic E-state index is 13.6. The van der Waals surface area contributed by atoms with Crippen LogP contribution < -0.4 is 14.8 Å². The van der Waals surface area contributed by atoms with Crippen LogP contribution in [-0.2, 0) is 9.53 Å². The zero-order valence-electron chi connectivity index (χ0n) is 20.9. The number of nitrogens with zero attached hydrogens (tertiary/aromatic N) is 1. The van der Waals surface area contributed by atoms with Crippen LogP contribution in [0.25, 0.3) is 5.57 Å². The van der Waals surface area contributed by atoms with Crippen molar-refractivity contribution in [3.63, 3.8) is 0 Å². The number of carbonyl (C=O) groups is 1. The van der Waals surface area contributed by atoms with Gasteiger partial charge in [0.25, 0.3) is 0 Å². The molecule has 3 rings (SSSR count). The molecule has 0 heterocycles. The first-order valence-corrected chi connectivity index (χ1v) is 11.6. The highest BCUT2D eigenvalue weighted by atomic mass is 16.7. The molecule has 6 nitrogen and oxygen atoms in total. The summed E-state index contributed by atoms with van der Waals surface area (Å²) in [7, 11) is 5.59. The number of anilines is 1. The standard InChI is InChI=1S/C29H34N2O4/c1-5-27(22-9-7-6-8-10-22)28(23-11-15-26(16-12-23)35-21-33-4)29(32)30-24-13-17-25(18-14-24)34-20-19-31(2)3/h5-18,28H,19-21H2,1-4H3,(H,30,32). The van der Waals surface area contributed by atoms with Crippen molar-refractivity contribution in [1.82, 2.24) is 4.90 Å². The van der Waals surface area contributed by atoms with Gasteiger partial charge in [0.15, 0.2) is 6.79 Å². The van der Waals surface area contributed by atoms with E-state index in [0.29, 0.717) is 18.0 Å². The number of carbonyl (C=O) groups excluding carboxylic acids is 1. The summed E-state index contributed by atoms with van der Waals surface area (Å²) in [5.74, 6) is 0.830. The number of nitrogens with one attached hydrogen (secondary N) is 1. The van der Waals surface area contributed by atoms with Crippen LogP contribution in [0, 0.1) is 0 Å². The molecule has 0 fully saturated rings. The first kappa shape index (κ1) is 26.0. The smallest absolute Gasteiger partial charge is 0.236 e. The average Bonchev–Trinajstić information content (AvgIpc) is 2.87. The van der Waals surface area contributed by atoms with Crippen LogP contribution in [-0.4, -0.2) is 52.0 Å². The number of methoxy groups -OCH3 is 1. The van der Waals surface area contributed by atoms with E-state index in [2.05, 4.69) is 10.2 Å². The third-order valence-electron chi connectivity index (χ3n) is 5.48. The van der Waals surface area contributed by atoms with Crippen LogP contribution in [0.5, 0.6) is 11.5 Å². The second-order valence-corrected chi connectivity index (χ2v) is 8.33. The van der Waals surface area contributed by atoms with Crippen LogP contribution in [0.15, 0.2) is 84.9 Å². The Morgan fingerprint density at radius 3 is 2.14 bits per heavy atom. The third kappa shape index (κ3) is 7.70. The predicted octanol–water partition coefficient (Wildman–Crippen LogP) is 5.44. The Morgan fingerprint density at radius 1 is 0.914 bits per heavy atom. The van der Waals surface area contributed by atoms with E-state index >= 15 is 0 Å². The summed E-state index contributed by atoms with van der Waals surface area (Å²) < 4.78 is 16.3. The van der Waals surface area contributed by atoms with Crippen molar-refractivity contribution < 1.29 is 19.0 Å². The number of allylic oxidation sites excluding steroid dienone is 1. The molecule has 6 heteroatoms. The molecular weight excluding hydrogens is 440 g/mol. The molecule has 0 aliphatic carbocycles. The molecule has 0 bridgehead atoms. The van der Waals surface area contributed by atoms with Gasteiger partial charge in [-0.05, 0) is 74.1 Å². The molecule has 184 valence electrons. The van der Waals surface area contributed by atoms with Crippen LogP contribution in [0.2, 0.25) is 0 Å². The fraction of sp³-hybridized carbons (Fsp3) is 0.276. The van der Waals surface area contributed by atoms with E-state index in [9.17, 15) is 4.79 Å². The van der Waals surface area contributed by atoms with Gasteiger partial charge in [-0.15, -0.1) is 0 Å². The van der Waals surface area contributed by atoms with Gasteiger partial charge in [-0.2, -0.15) is 0 Å².